The topological polar surface area (TPSA) is 38.8 Å². The van der Waals surface area contributed by atoms with Crippen molar-refractivity contribution in [2.45, 2.75) is 96.8 Å². The molecule has 1 heterocycles. The van der Waals surface area contributed by atoms with Crippen molar-refractivity contribution in [3.8, 4) is 5.75 Å². The van der Waals surface area contributed by atoms with Gasteiger partial charge in [-0.3, -0.25) is 9.69 Å². The zero-order valence-corrected chi connectivity index (χ0v) is 20.6. The van der Waals surface area contributed by atoms with E-state index in [2.05, 4.69) is 59.4 Å². The fourth-order valence-corrected chi connectivity index (χ4v) is 5.42. The Hall–Kier alpha value is -1.39. The molecular formula is C27H41NO3. The second-order valence-electron chi connectivity index (χ2n) is 12.0. The summed E-state index contributed by atoms with van der Waals surface area (Å²) in [5, 5.41) is 0. The molecule has 0 N–H and O–H groups in total. The molecule has 172 valence electrons. The minimum Gasteiger partial charge on any atom is -0.488 e. The molecule has 4 rings (SSSR count). The second-order valence-corrected chi connectivity index (χ2v) is 12.0. The van der Waals surface area contributed by atoms with Gasteiger partial charge >= 0.3 is 0 Å². The van der Waals surface area contributed by atoms with Gasteiger partial charge in [0, 0.05) is 18.5 Å². The van der Waals surface area contributed by atoms with Crippen LogP contribution in [0.25, 0.3) is 0 Å². The van der Waals surface area contributed by atoms with Gasteiger partial charge in [-0.15, -0.1) is 0 Å². The summed E-state index contributed by atoms with van der Waals surface area (Å²) in [6, 6.07) is 6.20. The minimum atomic E-state index is -0.332. The number of carbonyl (C=O) groups excluding carboxylic acids is 1. The highest BCUT2D eigenvalue weighted by Gasteiger charge is 2.53. The monoisotopic (exact) mass is 427 g/mol. The highest BCUT2D eigenvalue weighted by Crippen LogP contribution is 2.50. The standard InChI is InChI=1S/C27H41NO3/c1-18-23-24(29)21-11-10-20(31-26(5,6)13-15-30-25(2,3)4)16-22(21)27(18,7)12-14-28(23)17-19-8-9-19/h10-11,16,18-19,23H,8-9,12-15,17H2,1-7H3/t18-,23-,27-/m0/s1. The van der Waals surface area contributed by atoms with Crippen LogP contribution in [0, 0.1) is 11.8 Å². The summed E-state index contributed by atoms with van der Waals surface area (Å²) in [6.07, 6.45) is 4.57. The molecule has 1 aromatic rings. The first-order valence-electron chi connectivity index (χ1n) is 12.2. The van der Waals surface area contributed by atoms with E-state index in [1.807, 2.05) is 12.1 Å². The summed E-state index contributed by atoms with van der Waals surface area (Å²) >= 11 is 0. The lowest BCUT2D eigenvalue weighted by molar-refractivity contribution is -0.0293. The summed E-state index contributed by atoms with van der Waals surface area (Å²) in [6.45, 7) is 17.9. The molecule has 0 amide bonds. The van der Waals surface area contributed by atoms with E-state index in [0.29, 0.717) is 18.3 Å². The number of nitrogens with zero attached hydrogens (tertiary/aromatic N) is 1. The lowest BCUT2D eigenvalue weighted by atomic mass is 9.58. The second kappa shape index (κ2) is 7.88. The smallest absolute Gasteiger partial charge is 0.180 e. The molecule has 2 bridgehead atoms. The number of piperidine rings is 1. The third-order valence-electron chi connectivity index (χ3n) is 7.75. The molecule has 1 saturated carbocycles. The quantitative estimate of drug-likeness (QED) is 0.566. The fourth-order valence-electron chi connectivity index (χ4n) is 5.42. The van der Waals surface area contributed by atoms with Gasteiger partial charge in [0.1, 0.15) is 11.4 Å². The Morgan fingerprint density at radius 1 is 1.16 bits per heavy atom. The molecule has 4 nitrogen and oxygen atoms in total. The van der Waals surface area contributed by atoms with E-state index in [1.165, 1.54) is 18.4 Å². The average molecular weight is 428 g/mol. The highest BCUT2D eigenvalue weighted by atomic mass is 16.5. The predicted octanol–water partition coefficient (Wildman–Crippen LogP) is 5.62. The normalized spacial score (nSPS) is 29.1. The number of Topliss-reactive ketones (excluding diaryl/α,β-unsaturated/α-hetero) is 1. The Balaban J connectivity index is 1.54. The first kappa shape index (κ1) is 22.8. The maximum absolute atomic E-state index is 13.5. The summed E-state index contributed by atoms with van der Waals surface area (Å²) in [5.41, 5.74) is 1.64. The van der Waals surface area contributed by atoms with Gasteiger partial charge in [-0.05, 0) is 101 Å². The molecule has 31 heavy (non-hydrogen) atoms. The van der Waals surface area contributed by atoms with Crippen LogP contribution in [-0.4, -0.2) is 47.6 Å². The number of hydrogen-bond acceptors (Lipinski definition) is 4. The van der Waals surface area contributed by atoms with E-state index in [9.17, 15) is 4.79 Å². The van der Waals surface area contributed by atoms with Gasteiger partial charge in [-0.1, -0.05) is 13.8 Å². The molecule has 0 unspecified atom stereocenters. The Bertz CT molecular complexity index is 835. The highest BCUT2D eigenvalue weighted by molar-refractivity contribution is 6.03. The molecular weight excluding hydrogens is 386 g/mol. The van der Waals surface area contributed by atoms with Crippen LogP contribution in [0.5, 0.6) is 5.75 Å². The van der Waals surface area contributed by atoms with Crippen LogP contribution in [0.3, 0.4) is 0 Å². The maximum Gasteiger partial charge on any atom is 0.180 e. The first-order valence-corrected chi connectivity index (χ1v) is 12.2. The van der Waals surface area contributed by atoms with Gasteiger partial charge in [0.15, 0.2) is 5.78 Å². The van der Waals surface area contributed by atoms with Gasteiger partial charge < -0.3 is 9.47 Å². The predicted molar refractivity (Wildman–Crippen MR) is 125 cm³/mol. The number of likely N-dealkylation sites (tertiary alicyclic amines) is 1. The molecule has 1 aliphatic heterocycles. The first-order chi connectivity index (χ1) is 14.4. The Morgan fingerprint density at radius 2 is 1.87 bits per heavy atom. The molecule has 2 aliphatic carbocycles. The van der Waals surface area contributed by atoms with Crippen LogP contribution in [0.1, 0.15) is 90.1 Å². The van der Waals surface area contributed by atoms with E-state index in [1.54, 1.807) is 0 Å². The van der Waals surface area contributed by atoms with E-state index in [4.69, 9.17) is 9.47 Å². The Labute approximate surface area is 188 Å². The Kier molecular flexibility index (Phi) is 5.79. The summed E-state index contributed by atoms with van der Waals surface area (Å²) in [5.74, 6) is 2.30. The number of benzene rings is 1. The van der Waals surface area contributed by atoms with Crippen molar-refractivity contribution in [3.05, 3.63) is 29.3 Å². The van der Waals surface area contributed by atoms with Gasteiger partial charge in [-0.25, -0.2) is 0 Å². The van der Waals surface area contributed by atoms with E-state index < -0.39 is 0 Å². The van der Waals surface area contributed by atoms with Crippen LogP contribution in [0.4, 0.5) is 0 Å². The van der Waals surface area contributed by atoms with Crippen molar-refractivity contribution < 1.29 is 14.3 Å². The Morgan fingerprint density at radius 3 is 2.52 bits per heavy atom. The number of ketones is 1. The zero-order valence-electron chi connectivity index (χ0n) is 20.6. The van der Waals surface area contributed by atoms with E-state index in [0.717, 1.165) is 43.2 Å². The van der Waals surface area contributed by atoms with Gasteiger partial charge in [0.2, 0.25) is 0 Å². The lowest BCUT2D eigenvalue weighted by Gasteiger charge is -2.53. The largest absolute Gasteiger partial charge is 0.488 e. The molecule has 1 aromatic carbocycles. The van der Waals surface area contributed by atoms with Gasteiger partial charge in [-0.2, -0.15) is 0 Å². The van der Waals surface area contributed by atoms with Crippen molar-refractivity contribution in [2.24, 2.45) is 11.8 Å². The fraction of sp³-hybridized carbons (Fsp3) is 0.741. The minimum absolute atomic E-state index is 0.0207. The molecule has 4 heteroatoms. The third-order valence-corrected chi connectivity index (χ3v) is 7.75. The molecule has 0 spiro atoms. The van der Waals surface area contributed by atoms with E-state index in [-0.39, 0.29) is 22.7 Å². The molecule has 1 saturated heterocycles. The van der Waals surface area contributed by atoms with Crippen molar-refractivity contribution in [1.82, 2.24) is 4.90 Å². The van der Waals surface area contributed by atoms with Gasteiger partial charge in [0.05, 0.1) is 18.2 Å². The van der Waals surface area contributed by atoms with Crippen LogP contribution >= 0.6 is 0 Å². The summed E-state index contributed by atoms with van der Waals surface area (Å²) in [4.78, 5) is 16.0. The average Bonchev–Trinajstić information content (AvgIpc) is 3.46. The van der Waals surface area contributed by atoms with Crippen LogP contribution < -0.4 is 4.74 Å². The number of rotatable bonds is 7. The molecule has 0 radical (unpaired) electrons. The lowest BCUT2D eigenvalue weighted by Crippen LogP contribution is -2.61. The summed E-state index contributed by atoms with van der Waals surface area (Å²) in [7, 11) is 0. The van der Waals surface area contributed by atoms with Crippen molar-refractivity contribution in [2.75, 3.05) is 19.7 Å². The van der Waals surface area contributed by atoms with Crippen molar-refractivity contribution in [1.29, 1.82) is 0 Å². The van der Waals surface area contributed by atoms with Gasteiger partial charge in [0.25, 0.3) is 0 Å². The number of hydrogen-bond donors (Lipinski definition) is 0. The van der Waals surface area contributed by atoms with Crippen LogP contribution in [0.15, 0.2) is 18.2 Å². The SMILES string of the molecule is C[C@H]1[C@H]2C(=O)c3ccc(OC(C)(C)CCOC(C)(C)C)cc3[C@@]1(C)CCN2CC1CC1. The van der Waals surface area contributed by atoms with Crippen LogP contribution in [0.2, 0.25) is 0 Å². The molecule has 0 aromatic heterocycles. The molecule has 3 atom stereocenters. The van der Waals surface area contributed by atoms with Crippen molar-refractivity contribution in [3.63, 3.8) is 0 Å². The number of carbonyl (C=O) groups is 1. The van der Waals surface area contributed by atoms with Crippen LogP contribution in [-0.2, 0) is 10.2 Å². The molecule has 2 fully saturated rings. The maximum atomic E-state index is 13.5. The third kappa shape index (κ3) is 4.71. The number of ether oxygens (including phenoxy) is 2. The number of fused-ring (bicyclic) bond motifs is 4. The van der Waals surface area contributed by atoms with E-state index >= 15 is 0 Å². The van der Waals surface area contributed by atoms with Crippen molar-refractivity contribution >= 4 is 5.78 Å². The zero-order chi connectivity index (χ0) is 22.6. The summed E-state index contributed by atoms with van der Waals surface area (Å²) < 4.78 is 12.3. The molecule has 3 aliphatic rings.